The van der Waals surface area contributed by atoms with E-state index in [2.05, 4.69) is 36.4 Å². The van der Waals surface area contributed by atoms with E-state index >= 15 is 0 Å². The number of aromatic nitrogens is 3. The number of nitrogens with zero attached hydrogens (tertiary/aromatic N) is 2. The van der Waals surface area contributed by atoms with Gasteiger partial charge in [-0.25, -0.2) is 9.78 Å². The van der Waals surface area contributed by atoms with Crippen LogP contribution < -0.4 is 21.3 Å². The Morgan fingerprint density at radius 3 is 2.81 bits per heavy atom. The highest BCUT2D eigenvalue weighted by molar-refractivity contribution is 5.94. The molecule has 0 radical (unpaired) electrons. The fraction of sp³-hybridized carbons (Fsp3) is 0.278. The van der Waals surface area contributed by atoms with Crippen LogP contribution in [-0.4, -0.2) is 40.3 Å². The second kappa shape index (κ2) is 7.01. The van der Waals surface area contributed by atoms with Crippen LogP contribution in [-0.2, 0) is 0 Å². The van der Waals surface area contributed by atoms with Crippen molar-refractivity contribution >= 4 is 28.6 Å². The zero-order valence-electron chi connectivity index (χ0n) is 14.4. The maximum absolute atomic E-state index is 12.2. The fourth-order valence-electron chi connectivity index (χ4n) is 2.85. The molecule has 4 rings (SSSR count). The first kappa shape index (κ1) is 16.3. The van der Waals surface area contributed by atoms with Gasteiger partial charge in [0.2, 0.25) is 0 Å². The molecule has 8 nitrogen and oxygen atoms in total. The molecule has 0 bridgehead atoms. The zero-order valence-corrected chi connectivity index (χ0v) is 14.4. The van der Waals surface area contributed by atoms with E-state index in [0.717, 1.165) is 35.4 Å². The minimum Gasteiger partial charge on any atom is -0.363 e. The molecular formula is C18H21N7O. The van der Waals surface area contributed by atoms with Crippen molar-refractivity contribution < 1.29 is 4.79 Å². The van der Waals surface area contributed by atoms with Crippen LogP contribution in [0, 0.1) is 0 Å². The molecule has 26 heavy (non-hydrogen) atoms. The first-order valence-corrected chi connectivity index (χ1v) is 8.63. The number of carbonyl (C=O) groups excluding carboxylic acids is 1. The molecule has 2 amide bonds. The van der Waals surface area contributed by atoms with E-state index in [9.17, 15) is 4.79 Å². The monoisotopic (exact) mass is 351 g/mol. The summed E-state index contributed by atoms with van der Waals surface area (Å²) in [7, 11) is 0. The van der Waals surface area contributed by atoms with Crippen LogP contribution in [0.4, 0.5) is 16.4 Å². The van der Waals surface area contributed by atoms with E-state index in [1.165, 1.54) is 0 Å². The van der Waals surface area contributed by atoms with Gasteiger partial charge in [-0.2, -0.15) is 5.10 Å². The lowest BCUT2D eigenvalue weighted by Gasteiger charge is -2.27. The Morgan fingerprint density at radius 2 is 2.08 bits per heavy atom. The Bertz CT molecular complexity index is 904. The molecule has 3 heterocycles. The number of anilines is 2. The lowest BCUT2D eigenvalue weighted by atomic mass is 10.1. The molecule has 1 unspecified atom stereocenters. The number of nitrogens with one attached hydrogen (secondary N) is 5. The molecule has 1 aliphatic heterocycles. The van der Waals surface area contributed by atoms with Crippen LogP contribution in [0.15, 0.2) is 42.6 Å². The maximum Gasteiger partial charge on any atom is 0.320 e. The fourth-order valence-corrected chi connectivity index (χ4v) is 2.85. The topological polar surface area (TPSA) is 107 Å². The highest BCUT2D eigenvalue weighted by Gasteiger charge is 2.19. The van der Waals surface area contributed by atoms with Gasteiger partial charge in [-0.15, -0.1) is 0 Å². The number of benzene rings is 1. The summed E-state index contributed by atoms with van der Waals surface area (Å²) in [5.74, 6) is 1.25. The molecule has 2 aromatic heterocycles. The number of H-pyrrole nitrogens is 1. The minimum atomic E-state index is -0.299. The lowest BCUT2D eigenvalue weighted by Crippen LogP contribution is -2.51. The third kappa shape index (κ3) is 3.45. The van der Waals surface area contributed by atoms with Crippen molar-refractivity contribution in [1.29, 1.82) is 0 Å². The van der Waals surface area contributed by atoms with Crippen LogP contribution in [0.25, 0.3) is 10.9 Å². The van der Waals surface area contributed by atoms with Crippen LogP contribution in [0.1, 0.15) is 18.5 Å². The van der Waals surface area contributed by atoms with E-state index in [0.29, 0.717) is 11.9 Å². The number of aromatic amines is 1. The zero-order chi connectivity index (χ0) is 17.9. The second-order valence-corrected chi connectivity index (χ2v) is 6.42. The molecule has 5 N–H and O–H groups in total. The summed E-state index contributed by atoms with van der Waals surface area (Å²) in [6, 6.07) is 11.6. The number of carbonyl (C=O) groups is 1. The first-order valence-electron chi connectivity index (χ1n) is 8.63. The van der Waals surface area contributed by atoms with E-state index in [1.807, 2.05) is 37.3 Å². The highest BCUT2D eigenvalue weighted by Crippen LogP contribution is 2.22. The molecule has 1 aliphatic rings. The summed E-state index contributed by atoms with van der Waals surface area (Å²) in [6.07, 6.45) is 1.71. The predicted octanol–water partition coefficient (Wildman–Crippen LogP) is 2.22. The molecule has 134 valence electrons. The molecule has 8 heteroatoms. The highest BCUT2D eigenvalue weighted by atomic mass is 16.2. The van der Waals surface area contributed by atoms with Crippen molar-refractivity contribution in [1.82, 2.24) is 25.8 Å². The Balaban J connectivity index is 1.41. The number of hydrogen-bond donors (Lipinski definition) is 5. The maximum atomic E-state index is 12.2. The van der Waals surface area contributed by atoms with Gasteiger partial charge in [0.15, 0.2) is 5.82 Å². The smallest absolute Gasteiger partial charge is 0.320 e. The van der Waals surface area contributed by atoms with Crippen LogP contribution >= 0.6 is 0 Å². The van der Waals surface area contributed by atoms with Crippen LogP contribution in [0.2, 0.25) is 0 Å². The van der Waals surface area contributed by atoms with Crippen molar-refractivity contribution in [3.05, 3.63) is 48.2 Å². The Kier molecular flexibility index (Phi) is 4.40. The molecule has 3 aromatic rings. The van der Waals surface area contributed by atoms with Gasteiger partial charge in [0, 0.05) is 25.4 Å². The molecule has 0 aliphatic carbocycles. The summed E-state index contributed by atoms with van der Waals surface area (Å²) in [6.45, 7) is 3.80. The number of fused-ring (bicyclic) bond motifs is 1. The van der Waals surface area contributed by atoms with Gasteiger partial charge in [0.25, 0.3) is 0 Å². The van der Waals surface area contributed by atoms with E-state index in [1.54, 1.807) is 12.3 Å². The van der Waals surface area contributed by atoms with Gasteiger partial charge in [-0.1, -0.05) is 30.3 Å². The molecule has 1 atom stereocenters. The van der Waals surface area contributed by atoms with Crippen molar-refractivity contribution in [3.63, 3.8) is 0 Å². The number of amides is 2. The summed E-state index contributed by atoms with van der Waals surface area (Å²) in [5.41, 5.74) is 1.86. The Labute approximate surface area is 150 Å². The SMILES string of the molecule is CC(NC(=O)Nc1cc2[nH]nc(NC3CNC3)c2cn1)c1ccccc1. The number of rotatable bonds is 5. The van der Waals surface area contributed by atoms with Gasteiger partial charge in [-0.3, -0.25) is 10.4 Å². The summed E-state index contributed by atoms with van der Waals surface area (Å²) in [4.78, 5) is 16.5. The first-order chi connectivity index (χ1) is 12.7. The van der Waals surface area contributed by atoms with Crippen molar-refractivity contribution in [3.8, 4) is 0 Å². The Hall–Kier alpha value is -3.13. The largest absolute Gasteiger partial charge is 0.363 e. The van der Waals surface area contributed by atoms with Gasteiger partial charge in [0.1, 0.15) is 5.82 Å². The van der Waals surface area contributed by atoms with Crippen LogP contribution in [0.5, 0.6) is 0 Å². The van der Waals surface area contributed by atoms with Crippen molar-refractivity contribution in [2.24, 2.45) is 0 Å². The van der Waals surface area contributed by atoms with Crippen LogP contribution in [0.3, 0.4) is 0 Å². The summed E-state index contributed by atoms with van der Waals surface area (Å²) < 4.78 is 0. The Morgan fingerprint density at radius 1 is 1.27 bits per heavy atom. The molecule has 1 aromatic carbocycles. The quantitative estimate of drug-likeness (QED) is 0.485. The lowest BCUT2D eigenvalue weighted by molar-refractivity contribution is 0.249. The molecule has 0 spiro atoms. The predicted molar refractivity (Wildman–Crippen MR) is 101 cm³/mol. The molecular weight excluding hydrogens is 330 g/mol. The standard InChI is InChI=1S/C18H21N7O/c1-11(12-5-3-2-4-6-12)21-18(26)23-16-7-15-14(10-20-16)17(25-24-15)22-13-8-19-9-13/h2-7,10-11,13,19H,8-9H2,1H3,(H2,22,24,25)(H2,20,21,23,26). The van der Waals surface area contributed by atoms with Gasteiger partial charge in [-0.05, 0) is 12.5 Å². The van der Waals surface area contributed by atoms with E-state index < -0.39 is 0 Å². The minimum absolute atomic E-state index is 0.0982. The summed E-state index contributed by atoms with van der Waals surface area (Å²) in [5, 5.41) is 20.4. The van der Waals surface area contributed by atoms with E-state index in [-0.39, 0.29) is 12.1 Å². The summed E-state index contributed by atoms with van der Waals surface area (Å²) >= 11 is 0. The van der Waals surface area contributed by atoms with Gasteiger partial charge >= 0.3 is 6.03 Å². The number of urea groups is 1. The number of hydrogen-bond acceptors (Lipinski definition) is 5. The van der Waals surface area contributed by atoms with Gasteiger partial charge < -0.3 is 16.0 Å². The average Bonchev–Trinajstić information content (AvgIpc) is 3.01. The van der Waals surface area contributed by atoms with E-state index in [4.69, 9.17) is 0 Å². The number of pyridine rings is 1. The average molecular weight is 351 g/mol. The van der Waals surface area contributed by atoms with Crippen molar-refractivity contribution in [2.45, 2.75) is 19.0 Å². The third-order valence-electron chi connectivity index (χ3n) is 4.46. The molecule has 1 saturated heterocycles. The second-order valence-electron chi connectivity index (χ2n) is 6.42. The normalized spacial score (nSPS) is 15.3. The molecule has 1 fully saturated rings. The molecule has 0 saturated carbocycles. The van der Waals surface area contributed by atoms with Crippen molar-refractivity contribution in [2.75, 3.05) is 23.7 Å². The van der Waals surface area contributed by atoms with Gasteiger partial charge in [0.05, 0.1) is 23.0 Å². The third-order valence-corrected chi connectivity index (χ3v) is 4.46.